The van der Waals surface area contributed by atoms with Gasteiger partial charge in [0.25, 0.3) is 0 Å². The van der Waals surface area contributed by atoms with Gasteiger partial charge < -0.3 is 5.32 Å². The van der Waals surface area contributed by atoms with Gasteiger partial charge in [0.2, 0.25) is 0 Å². The number of hydrogen-bond acceptors (Lipinski definition) is 2. The van der Waals surface area contributed by atoms with Gasteiger partial charge in [-0.15, -0.1) is 0 Å². The molecule has 20 heavy (non-hydrogen) atoms. The Bertz CT molecular complexity index is 511. The van der Waals surface area contributed by atoms with Crippen LogP contribution in [0.4, 0.5) is 23.2 Å². The molecule has 1 aromatic rings. The molecule has 1 aromatic carbocycles. The predicted molar refractivity (Wildman–Crippen MR) is 66.5 cm³/mol. The highest BCUT2D eigenvalue weighted by atomic mass is 19.4. The molecule has 0 unspecified atom stereocenters. The predicted octanol–water partition coefficient (Wildman–Crippen LogP) is 4.23. The van der Waals surface area contributed by atoms with Crippen molar-refractivity contribution < 1.29 is 17.6 Å². The second kappa shape index (κ2) is 5.70. The number of nitriles is 1. The molecular formula is C14H14F4N2. The minimum atomic E-state index is -4.13. The normalized spacial score (nSPS) is 23.1. The number of anilines is 1. The molecule has 0 aromatic heterocycles. The van der Waals surface area contributed by atoms with Crippen LogP contribution in [-0.4, -0.2) is 12.2 Å². The maximum atomic E-state index is 13.7. The van der Waals surface area contributed by atoms with Crippen LogP contribution in [0.3, 0.4) is 0 Å². The van der Waals surface area contributed by atoms with Crippen LogP contribution in [0.5, 0.6) is 0 Å². The lowest BCUT2D eigenvalue weighted by Crippen LogP contribution is -2.33. The molecule has 1 N–H and O–H groups in total. The van der Waals surface area contributed by atoms with Gasteiger partial charge in [-0.25, -0.2) is 4.39 Å². The summed E-state index contributed by atoms with van der Waals surface area (Å²) in [5, 5.41) is 11.6. The number of nitrogens with one attached hydrogen (secondary N) is 1. The molecule has 108 valence electrons. The molecule has 1 saturated carbocycles. The van der Waals surface area contributed by atoms with Gasteiger partial charge in [0.05, 0.1) is 23.2 Å². The van der Waals surface area contributed by atoms with Crippen molar-refractivity contribution >= 4 is 5.69 Å². The first-order valence-electron chi connectivity index (χ1n) is 6.43. The fourth-order valence-corrected chi connectivity index (χ4v) is 2.49. The fourth-order valence-electron chi connectivity index (χ4n) is 2.49. The van der Waals surface area contributed by atoms with Crippen LogP contribution in [0.2, 0.25) is 0 Å². The zero-order valence-corrected chi connectivity index (χ0v) is 10.7. The lowest BCUT2D eigenvalue weighted by atomic mass is 9.85. The third-order valence-electron chi connectivity index (χ3n) is 3.65. The van der Waals surface area contributed by atoms with Gasteiger partial charge in [-0.05, 0) is 43.9 Å². The summed E-state index contributed by atoms with van der Waals surface area (Å²) < 4.78 is 51.3. The summed E-state index contributed by atoms with van der Waals surface area (Å²) in [7, 11) is 0. The lowest BCUT2D eigenvalue weighted by Gasteiger charge is -2.30. The average Bonchev–Trinajstić information content (AvgIpc) is 2.40. The monoisotopic (exact) mass is 286 g/mol. The molecule has 1 aliphatic carbocycles. The van der Waals surface area contributed by atoms with Gasteiger partial charge in [0.15, 0.2) is 0 Å². The molecule has 2 nitrogen and oxygen atoms in total. The molecule has 1 aliphatic rings. The van der Waals surface area contributed by atoms with E-state index < -0.39 is 17.9 Å². The Balaban J connectivity index is 1.95. The molecule has 0 amide bonds. The second-order valence-corrected chi connectivity index (χ2v) is 5.04. The van der Waals surface area contributed by atoms with E-state index in [2.05, 4.69) is 5.32 Å². The number of halogens is 4. The first-order chi connectivity index (χ1) is 9.40. The van der Waals surface area contributed by atoms with E-state index >= 15 is 0 Å². The zero-order chi connectivity index (χ0) is 14.8. The molecule has 6 heteroatoms. The summed E-state index contributed by atoms with van der Waals surface area (Å²) in [6.45, 7) is 0. The first kappa shape index (κ1) is 14.6. The Labute approximate surface area is 114 Å². The van der Waals surface area contributed by atoms with E-state index in [1.807, 2.05) is 6.07 Å². The first-order valence-corrected chi connectivity index (χ1v) is 6.43. The van der Waals surface area contributed by atoms with Gasteiger partial charge in [0.1, 0.15) is 5.82 Å². The van der Waals surface area contributed by atoms with Crippen molar-refractivity contribution in [3.63, 3.8) is 0 Å². The quantitative estimate of drug-likeness (QED) is 0.826. The molecule has 0 saturated heterocycles. The Kier molecular flexibility index (Phi) is 4.17. The number of benzene rings is 1. The SMILES string of the molecule is N#Cc1ccc(NC2CCC(C(F)(F)F)CC2)c(F)c1. The summed E-state index contributed by atoms with van der Waals surface area (Å²) >= 11 is 0. The van der Waals surface area contributed by atoms with E-state index in [0.29, 0.717) is 12.8 Å². The summed E-state index contributed by atoms with van der Waals surface area (Å²) in [6.07, 6.45) is -3.27. The Morgan fingerprint density at radius 1 is 1.15 bits per heavy atom. The Morgan fingerprint density at radius 3 is 2.30 bits per heavy atom. The molecular weight excluding hydrogens is 272 g/mol. The smallest absolute Gasteiger partial charge is 0.380 e. The maximum absolute atomic E-state index is 13.7. The summed E-state index contributed by atoms with van der Waals surface area (Å²) in [6, 6.07) is 5.71. The summed E-state index contributed by atoms with van der Waals surface area (Å²) in [4.78, 5) is 0. The zero-order valence-electron chi connectivity index (χ0n) is 10.7. The number of alkyl halides is 3. The van der Waals surface area contributed by atoms with Crippen LogP contribution in [0.1, 0.15) is 31.2 Å². The molecule has 0 bridgehead atoms. The highest BCUT2D eigenvalue weighted by molar-refractivity contribution is 5.49. The van der Waals surface area contributed by atoms with Gasteiger partial charge >= 0.3 is 6.18 Å². The van der Waals surface area contributed by atoms with Gasteiger partial charge in [-0.2, -0.15) is 18.4 Å². The minimum Gasteiger partial charge on any atom is -0.380 e. The van der Waals surface area contributed by atoms with E-state index in [-0.39, 0.29) is 30.1 Å². The van der Waals surface area contributed by atoms with Crippen molar-refractivity contribution in [3.8, 4) is 6.07 Å². The van der Waals surface area contributed by atoms with Crippen LogP contribution in [0, 0.1) is 23.1 Å². The number of nitrogens with zero attached hydrogens (tertiary/aromatic N) is 1. The van der Waals surface area contributed by atoms with Crippen molar-refractivity contribution in [1.29, 1.82) is 5.26 Å². The van der Waals surface area contributed by atoms with Crippen molar-refractivity contribution in [2.24, 2.45) is 5.92 Å². The van der Waals surface area contributed by atoms with E-state index in [4.69, 9.17) is 5.26 Å². The largest absolute Gasteiger partial charge is 0.391 e. The van der Waals surface area contributed by atoms with Crippen molar-refractivity contribution in [2.75, 3.05) is 5.32 Å². The third-order valence-corrected chi connectivity index (χ3v) is 3.65. The third kappa shape index (κ3) is 3.41. The van der Waals surface area contributed by atoms with E-state index in [1.54, 1.807) is 0 Å². The van der Waals surface area contributed by atoms with Crippen LogP contribution in [0.25, 0.3) is 0 Å². The minimum absolute atomic E-state index is 0.0685. The van der Waals surface area contributed by atoms with E-state index in [0.717, 1.165) is 6.07 Å². The van der Waals surface area contributed by atoms with Gasteiger partial charge in [-0.3, -0.25) is 0 Å². The van der Waals surface area contributed by atoms with Gasteiger partial charge in [0, 0.05) is 6.04 Å². The fraction of sp³-hybridized carbons (Fsp3) is 0.500. The number of rotatable bonds is 2. The molecule has 0 atom stereocenters. The average molecular weight is 286 g/mol. The second-order valence-electron chi connectivity index (χ2n) is 5.04. The highest BCUT2D eigenvalue weighted by Gasteiger charge is 2.41. The van der Waals surface area contributed by atoms with E-state index in [1.165, 1.54) is 12.1 Å². The Morgan fingerprint density at radius 2 is 1.80 bits per heavy atom. The van der Waals surface area contributed by atoms with Gasteiger partial charge in [-0.1, -0.05) is 0 Å². The maximum Gasteiger partial charge on any atom is 0.391 e. The highest BCUT2D eigenvalue weighted by Crippen LogP contribution is 2.38. The Hall–Kier alpha value is -1.77. The standard InChI is InChI=1S/C14H14F4N2/c15-12-7-9(8-19)1-6-13(12)20-11-4-2-10(3-5-11)14(16,17)18/h1,6-7,10-11,20H,2-5H2. The molecule has 1 fully saturated rings. The molecule has 0 heterocycles. The summed E-state index contributed by atoms with van der Waals surface area (Å²) in [5.74, 6) is -1.80. The molecule has 0 spiro atoms. The molecule has 2 rings (SSSR count). The van der Waals surface area contributed by atoms with Crippen molar-refractivity contribution in [3.05, 3.63) is 29.6 Å². The van der Waals surface area contributed by atoms with E-state index in [9.17, 15) is 17.6 Å². The van der Waals surface area contributed by atoms with Crippen molar-refractivity contribution in [2.45, 2.75) is 37.9 Å². The van der Waals surface area contributed by atoms with Crippen molar-refractivity contribution in [1.82, 2.24) is 0 Å². The summed E-state index contributed by atoms with van der Waals surface area (Å²) in [5.41, 5.74) is 0.452. The van der Waals surface area contributed by atoms with Crippen LogP contribution in [0.15, 0.2) is 18.2 Å². The lowest BCUT2D eigenvalue weighted by molar-refractivity contribution is -0.182. The molecule has 0 radical (unpaired) electrons. The number of hydrogen-bond donors (Lipinski definition) is 1. The van der Waals surface area contributed by atoms with Crippen LogP contribution >= 0.6 is 0 Å². The topological polar surface area (TPSA) is 35.8 Å². The van der Waals surface area contributed by atoms with Crippen LogP contribution in [-0.2, 0) is 0 Å². The van der Waals surface area contributed by atoms with Crippen LogP contribution < -0.4 is 5.32 Å². The molecule has 0 aliphatic heterocycles.